The average molecular weight is 290 g/mol. The highest BCUT2D eigenvalue weighted by molar-refractivity contribution is 5.72. The van der Waals surface area contributed by atoms with Gasteiger partial charge in [-0.2, -0.15) is 5.26 Å². The molecule has 1 saturated heterocycles. The lowest BCUT2D eigenvalue weighted by Crippen LogP contribution is -2.36. The van der Waals surface area contributed by atoms with Gasteiger partial charge >= 0.3 is 5.97 Å². The number of carbonyl (C=O) groups is 1. The first-order valence-corrected chi connectivity index (χ1v) is 7.21. The number of esters is 1. The van der Waals surface area contributed by atoms with Gasteiger partial charge in [0, 0.05) is 6.54 Å². The number of hydrogen-bond acceptors (Lipinski definition) is 4. The van der Waals surface area contributed by atoms with E-state index in [0.29, 0.717) is 13.2 Å². The summed E-state index contributed by atoms with van der Waals surface area (Å²) < 4.78 is 18.3. The van der Waals surface area contributed by atoms with Crippen molar-refractivity contribution in [1.29, 1.82) is 5.26 Å². The highest BCUT2D eigenvalue weighted by atomic mass is 19.1. The fourth-order valence-corrected chi connectivity index (χ4v) is 2.60. The number of carbonyl (C=O) groups excluding carboxylic acids is 1. The van der Waals surface area contributed by atoms with Crippen molar-refractivity contribution >= 4 is 5.97 Å². The largest absolute Gasteiger partial charge is 0.466 e. The third-order valence-corrected chi connectivity index (χ3v) is 3.76. The van der Waals surface area contributed by atoms with Gasteiger partial charge in [0.05, 0.1) is 18.1 Å². The molecule has 1 aromatic rings. The predicted octanol–water partition coefficient (Wildman–Crippen LogP) is 2.47. The van der Waals surface area contributed by atoms with Crippen molar-refractivity contribution in [3.8, 4) is 6.07 Å². The molecule has 5 heteroatoms. The van der Waals surface area contributed by atoms with Gasteiger partial charge in [-0.1, -0.05) is 6.07 Å². The van der Waals surface area contributed by atoms with Crippen molar-refractivity contribution in [3.05, 3.63) is 35.1 Å². The number of rotatable bonds is 4. The van der Waals surface area contributed by atoms with Gasteiger partial charge in [0.15, 0.2) is 0 Å². The molecular weight excluding hydrogens is 271 g/mol. The maximum atomic E-state index is 13.3. The third-order valence-electron chi connectivity index (χ3n) is 3.76. The number of halogens is 1. The molecule has 0 atom stereocenters. The maximum Gasteiger partial charge on any atom is 0.309 e. The van der Waals surface area contributed by atoms with Crippen LogP contribution in [0.2, 0.25) is 0 Å². The Kier molecular flexibility index (Phi) is 5.29. The predicted molar refractivity (Wildman–Crippen MR) is 75.7 cm³/mol. The van der Waals surface area contributed by atoms with E-state index in [2.05, 4.69) is 4.90 Å². The van der Waals surface area contributed by atoms with Gasteiger partial charge in [0.1, 0.15) is 11.9 Å². The van der Waals surface area contributed by atoms with E-state index in [0.717, 1.165) is 31.5 Å². The lowest BCUT2D eigenvalue weighted by Gasteiger charge is -2.30. The van der Waals surface area contributed by atoms with E-state index in [9.17, 15) is 9.18 Å². The molecule has 0 N–H and O–H groups in total. The molecule has 1 aromatic carbocycles. The van der Waals surface area contributed by atoms with Crippen LogP contribution >= 0.6 is 0 Å². The minimum Gasteiger partial charge on any atom is -0.466 e. The van der Waals surface area contributed by atoms with Crippen LogP contribution < -0.4 is 0 Å². The number of likely N-dealkylation sites (tertiary alicyclic amines) is 1. The normalized spacial score (nSPS) is 16.4. The topological polar surface area (TPSA) is 53.3 Å². The van der Waals surface area contributed by atoms with E-state index >= 15 is 0 Å². The third kappa shape index (κ3) is 4.02. The van der Waals surface area contributed by atoms with Crippen LogP contribution in [0.1, 0.15) is 30.9 Å². The molecule has 2 rings (SSSR count). The first-order valence-electron chi connectivity index (χ1n) is 7.21. The molecule has 1 heterocycles. The Balaban J connectivity index is 1.89. The molecule has 1 aliphatic heterocycles. The zero-order valence-corrected chi connectivity index (χ0v) is 12.1. The highest BCUT2D eigenvalue weighted by Gasteiger charge is 2.25. The summed E-state index contributed by atoms with van der Waals surface area (Å²) >= 11 is 0. The lowest BCUT2D eigenvalue weighted by atomic mass is 9.96. The van der Waals surface area contributed by atoms with E-state index < -0.39 is 5.82 Å². The second-order valence-electron chi connectivity index (χ2n) is 5.23. The summed E-state index contributed by atoms with van der Waals surface area (Å²) in [7, 11) is 0. The molecule has 21 heavy (non-hydrogen) atoms. The van der Waals surface area contributed by atoms with Crippen LogP contribution in [0.25, 0.3) is 0 Å². The minimum absolute atomic E-state index is 0.0101. The summed E-state index contributed by atoms with van der Waals surface area (Å²) in [5, 5.41) is 8.84. The molecule has 0 aliphatic carbocycles. The van der Waals surface area contributed by atoms with Gasteiger partial charge in [0.2, 0.25) is 0 Å². The van der Waals surface area contributed by atoms with Crippen LogP contribution in [0.3, 0.4) is 0 Å². The molecule has 112 valence electrons. The zero-order chi connectivity index (χ0) is 15.2. The zero-order valence-electron chi connectivity index (χ0n) is 12.1. The Morgan fingerprint density at radius 2 is 2.19 bits per heavy atom. The molecule has 0 unspecified atom stereocenters. The first kappa shape index (κ1) is 15.5. The van der Waals surface area contributed by atoms with Crippen molar-refractivity contribution in [2.24, 2.45) is 5.92 Å². The number of ether oxygens (including phenoxy) is 1. The van der Waals surface area contributed by atoms with Gasteiger partial charge in [0.25, 0.3) is 0 Å². The van der Waals surface area contributed by atoms with Crippen molar-refractivity contribution < 1.29 is 13.9 Å². The Morgan fingerprint density at radius 1 is 1.48 bits per heavy atom. The summed E-state index contributed by atoms with van der Waals surface area (Å²) in [5.41, 5.74) is 0.997. The Hall–Kier alpha value is -1.93. The Morgan fingerprint density at radius 3 is 2.81 bits per heavy atom. The number of piperidine rings is 1. The van der Waals surface area contributed by atoms with Crippen LogP contribution in [0.15, 0.2) is 18.2 Å². The van der Waals surface area contributed by atoms with Gasteiger partial charge in [-0.15, -0.1) is 0 Å². The first-order chi connectivity index (χ1) is 10.1. The van der Waals surface area contributed by atoms with Crippen molar-refractivity contribution in [3.63, 3.8) is 0 Å². The van der Waals surface area contributed by atoms with Crippen LogP contribution in [0.4, 0.5) is 4.39 Å². The minimum atomic E-state index is -0.484. The Labute approximate surface area is 124 Å². The van der Waals surface area contributed by atoms with Crippen molar-refractivity contribution in [2.45, 2.75) is 26.3 Å². The van der Waals surface area contributed by atoms with Gasteiger partial charge in [-0.25, -0.2) is 4.39 Å². The molecular formula is C16H19FN2O2. The lowest BCUT2D eigenvalue weighted by molar-refractivity contribution is -0.149. The van der Waals surface area contributed by atoms with Crippen LogP contribution in [-0.4, -0.2) is 30.6 Å². The van der Waals surface area contributed by atoms with Gasteiger partial charge < -0.3 is 4.74 Å². The van der Waals surface area contributed by atoms with Gasteiger partial charge in [-0.05, 0) is 50.6 Å². The highest BCUT2D eigenvalue weighted by Crippen LogP contribution is 2.21. The molecule has 0 radical (unpaired) electrons. The molecule has 0 bridgehead atoms. The summed E-state index contributed by atoms with van der Waals surface area (Å²) in [6, 6.07) is 6.48. The van der Waals surface area contributed by atoms with Crippen LogP contribution in [-0.2, 0) is 16.1 Å². The fraction of sp³-hybridized carbons (Fsp3) is 0.500. The van der Waals surface area contributed by atoms with E-state index in [1.165, 1.54) is 6.07 Å². The van der Waals surface area contributed by atoms with Crippen molar-refractivity contribution in [1.82, 2.24) is 4.90 Å². The average Bonchev–Trinajstić information content (AvgIpc) is 2.50. The van der Waals surface area contributed by atoms with E-state index in [1.54, 1.807) is 12.1 Å². The van der Waals surface area contributed by atoms with Crippen LogP contribution in [0, 0.1) is 23.1 Å². The number of nitrogens with zero attached hydrogens (tertiary/aromatic N) is 2. The number of nitriles is 1. The monoisotopic (exact) mass is 290 g/mol. The summed E-state index contributed by atoms with van der Waals surface area (Å²) in [5.74, 6) is -0.600. The Bertz CT molecular complexity index is 546. The molecule has 4 nitrogen and oxygen atoms in total. The SMILES string of the molecule is CCOC(=O)C1CCN(Cc2ccc(F)c(C#N)c2)CC1. The van der Waals surface area contributed by atoms with E-state index in [4.69, 9.17) is 10.00 Å². The van der Waals surface area contributed by atoms with E-state index in [1.807, 2.05) is 13.0 Å². The van der Waals surface area contributed by atoms with E-state index in [-0.39, 0.29) is 17.5 Å². The quantitative estimate of drug-likeness (QED) is 0.799. The van der Waals surface area contributed by atoms with Crippen molar-refractivity contribution in [2.75, 3.05) is 19.7 Å². The summed E-state index contributed by atoms with van der Waals surface area (Å²) in [6.45, 7) is 4.52. The molecule has 0 amide bonds. The fourth-order valence-electron chi connectivity index (χ4n) is 2.60. The molecule has 1 fully saturated rings. The molecule has 0 aromatic heterocycles. The summed E-state index contributed by atoms with van der Waals surface area (Å²) in [6.07, 6.45) is 1.57. The number of benzene rings is 1. The standard InChI is InChI=1S/C16H19FN2O2/c1-2-21-16(20)13-5-7-19(8-6-13)11-12-3-4-15(17)14(9-12)10-18/h3-4,9,13H,2,5-8,11H2,1H3. The maximum absolute atomic E-state index is 13.3. The number of hydrogen-bond donors (Lipinski definition) is 0. The smallest absolute Gasteiger partial charge is 0.309 e. The second kappa shape index (κ2) is 7.19. The summed E-state index contributed by atoms with van der Waals surface area (Å²) in [4.78, 5) is 13.9. The van der Waals surface area contributed by atoms with Gasteiger partial charge in [-0.3, -0.25) is 9.69 Å². The molecule has 0 spiro atoms. The molecule has 1 aliphatic rings. The second-order valence-corrected chi connectivity index (χ2v) is 5.23. The van der Waals surface area contributed by atoms with Crippen LogP contribution in [0.5, 0.6) is 0 Å². The molecule has 0 saturated carbocycles.